The van der Waals surface area contributed by atoms with Crippen molar-refractivity contribution in [2.75, 3.05) is 20.7 Å². The number of rotatable bonds is 10. The summed E-state index contributed by atoms with van der Waals surface area (Å²) in [6.45, 7) is 17.2. The van der Waals surface area contributed by atoms with Crippen molar-refractivity contribution in [1.29, 1.82) is 0 Å². The highest BCUT2D eigenvalue weighted by Gasteiger charge is 2.40. The fourth-order valence-electron chi connectivity index (χ4n) is 3.06. The van der Waals surface area contributed by atoms with Gasteiger partial charge in [0.15, 0.2) is 0 Å². The predicted octanol–water partition coefficient (Wildman–Crippen LogP) is 2.90. The normalized spacial score (nSPS) is 16.5. The molecule has 0 saturated heterocycles. The van der Waals surface area contributed by atoms with E-state index in [2.05, 4.69) is 10.6 Å². The Labute approximate surface area is 183 Å². The quantitative estimate of drug-likeness (QED) is 0.415. The lowest BCUT2D eigenvalue weighted by Gasteiger charge is -2.39. The molecule has 0 aromatic heterocycles. The molecule has 30 heavy (non-hydrogen) atoms. The molecular formula is C23H43N3O4. The molecule has 2 N–H and O–H groups in total. The lowest BCUT2D eigenvalue weighted by atomic mass is 9.84. The third-order valence-corrected chi connectivity index (χ3v) is 5.64. The molecule has 0 aliphatic carbocycles. The molecule has 0 aromatic rings. The standard InChI is InChI=1S/C23H43N3O4/c1-12-23(9,24-10)21(29)25-18(22(6,7)8)19(27)26(11)17(15(3)4)14-16(5)20(28)30-13-2/h14-15,17-18,24H,12-13H2,1-11H3,(H,25,29)/t17-,18-,23?/m1/s1. The summed E-state index contributed by atoms with van der Waals surface area (Å²) in [6, 6.07) is -1.03. The van der Waals surface area contributed by atoms with Crippen molar-refractivity contribution in [3.8, 4) is 0 Å². The van der Waals surface area contributed by atoms with Crippen LogP contribution >= 0.6 is 0 Å². The van der Waals surface area contributed by atoms with Crippen LogP contribution in [0.1, 0.15) is 68.7 Å². The zero-order valence-corrected chi connectivity index (χ0v) is 20.8. The first kappa shape index (κ1) is 28.1. The number of nitrogens with one attached hydrogen (secondary N) is 2. The van der Waals surface area contributed by atoms with Crippen LogP contribution in [0.2, 0.25) is 0 Å². The molecule has 0 bridgehead atoms. The second-order valence-electron chi connectivity index (χ2n) is 9.46. The molecule has 0 fully saturated rings. The van der Waals surface area contributed by atoms with Gasteiger partial charge in [0.1, 0.15) is 6.04 Å². The molecular weight excluding hydrogens is 382 g/mol. The molecule has 174 valence electrons. The van der Waals surface area contributed by atoms with Crippen LogP contribution < -0.4 is 10.6 Å². The van der Waals surface area contributed by atoms with Crippen LogP contribution in [0.3, 0.4) is 0 Å². The molecule has 0 heterocycles. The van der Waals surface area contributed by atoms with E-state index >= 15 is 0 Å². The van der Waals surface area contributed by atoms with Gasteiger partial charge in [-0.1, -0.05) is 47.6 Å². The summed E-state index contributed by atoms with van der Waals surface area (Å²) in [5, 5.41) is 6.01. The van der Waals surface area contributed by atoms with Gasteiger partial charge in [0.2, 0.25) is 11.8 Å². The van der Waals surface area contributed by atoms with Crippen molar-refractivity contribution in [3.63, 3.8) is 0 Å². The lowest BCUT2D eigenvalue weighted by Crippen LogP contribution is -2.62. The number of carbonyl (C=O) groups excluding carboxylic acids is 3. The largest absolute Gasteiger partial charge is 0.463 e. The third kappa shape index (κ3) is 7.42. The highest BCUT2D eigenvalue weighted by Crippen LogP contribution is 2.24. The monoisotopic (exact) mass is 425 g/mol. The van der Waals surface area contributed by atoms with Crippen molar-refractivity contribution in [2.24, 2.45) is 11.3 Å². The molecule has 7 nitrogen and oxygen atoms in total. The van der Waals surface area contributed by atoms with Crippen LogP contribution in [0.15, 0.2) is 11.6 Å². The van der Waals surface area contributed by atoms with E-state index in [0.717, 1.165) is 0 Å². The van der Waals surface area contributed by atoms with Gasteiger partial charge in [0, 0.05) is 12.6 Å². The van der Waals surface area contributed by atoms with Crippen molar-refractivity contribution < 1.29 is 19.1 Å². The fourth-order valence-corrected chi connectivity index (χ4v) is 3.06. The molecule has 0 aliphatic heterocycles. The summed E-state index contributed by atoms with van der Waals surface area (Å²) in [4.78, 5) is 40.1. The predicted molar refractivity (Wildman–Crippen MR) is 121 cm³/mol. The zero-order valence-electron chi connectivity index (χ0n) is 20.8. The number of amides is 2. The Kier molecular flexibility index (Phi) is 10.8. The van der Waals surface area contributed by atoms with Crippen molar-refractivity contribution in [1.82, 2.24) is 15.5 Å². The minimum absolute atomic E-state index is 0.0675. The Morgan fingerprint density at radius 2 is 1.63 bits per heavy atom. The van der Waals surface area contributed by atoms with E-state index in [1.807, 2.05) is 48.5 Å². The maximum Gasteiger partial charge on any atom is 0.333 e. The van der Waals surface area contributed by atoms with E-state index in [9.17, 15) is 14.4 Å². The molecule has 0 radical (unpaired) electrons. The zero-order chi connectivity index (χ0) is 23.9. The van der Waals surface area contributed by atoms with E-state index in [1.54, 1.807) is 38.9 Å². The van der Waals surface area contributed by atoms with Gasteiger partial charge in [-0.15, -0.1) is 0 Å². The minimum Gasteiger partial charge on any atom is -0.463 e. The average molecular weight is 426 g/mol. The maximum absolute atomic E-state index is 13.5. The smallest absolute Gasteiger partial charge is 0.333 e. The summed E-state index contributed by atoms with van der Waals surface area (Å²) in [5.74, 6) is -0.735. The van der Waals surface area contributed by atoms with Crippen molar-refractivity contribution >= 4 is 17.8 Å². The van der Waals surface area contributed by atoms with E-state index < -0.39 is 23.0 Å². The van der Waals surface area contributed by atoms with Crippen LogP contribution in [0, 0.1) is 11.3 Å². The number of likely N-dealkylation sites (N-methyl/N-ethyl adjacent to an activating group) is 2. The molecule has 0 aliphatic rings. The lowest BCUT2D eigenvalue weighted by molar-refractivity contribution is -0.141. The van der Waals surface area contributed by atoms with Crippen LogP contribution in [0.5, 0.6) is 0 Å². The highest BCUT2D eigenvalue weighted by atomic mass is 16.5. The number of hydrogen-bond acceptors (Lipinski definition) is 5. The van der Waals surface area contributed by atoms with E-state index in [0.29, 0.717) is 18.6 Å². The second-order valence-corrected chi connectivity index (χ2v) is 9.46. The van der Waals surface area contributed by atoms with E-state index in [4.69, 9.17) is 4.74 Å². The summed E-state index contributed by atoms with van der Waals surface area (Å²) >= 11 is 0. The molecule has 2 amide bonds. The molecule has 0 aromatic carbocycles. The highest BCUT2D eigenvalue weighted by molar-refractivity contribution is 5.92. The Bertz CT molecular complexity index is 631. The van der Waals surface area contributed by atoms with Crippen LogP contribution in [-0.4, -0.2) is 61.0 Å². The number of hydrogen-bond donors (Lipinski definition) is 2. The summed E-state index contributed by atoms with van der Waals surface area (Å²) < 4.78 is 5.07. The number of nitrogens with zero attached hydrogens (tertiary/aromatic N) is 1. The molecule has 7 heteroatoms. The van der Waals surface area contributed by atoms with E-state index in [-0.39, 0.29) is 23.8 Å². The Morgan fingerprint density at radius 3 is 2.00 bits per heavy atom. The van der Waals surface area contributed by atoms with Crippen LogP contribution in [0.4, 0.5) is 0 Å². The van der Waals surface area contributed by atoms with Crippen LogP contribution in [0.25, 0.3) is 0 Å². The Morgan fingerprint density at radius 1 is 1.10 bits per heavy atom. The van der Waals surface area contributed by atoms with Gasteiger partial charge < -0.3 is 20.3 Å². The molecule has 1 unspecified atom stereocenters. The Balaban J connectivity index is 5.89. The SMILES string of the molecule is CCOC(=O)C(C)=C[C@H](C(C)C)N(C)C(=O)[C@@H](NC(=O)C(C)(CC)NC)C(C)(C)C. The third-order valence-electron chi connectivity index (χ3n) is 5.64. The first-order chi connectivity index (χ1) is 13.7. The Hall–Kier alpha value is -1.89. The van der Waals surface area contributed by atoms with E-state index in [1.165, 1.54) is 0 Å². The van der Waals surface area contributed by atoms with Crippen molar-refractivity contribution in [3.05, 3.63) is 11.6 Å². The number of carbonyl (C=O) groups is 3. The number of esters is 1. The van der Waals surface area contributed by atoms with Crippen LogP contribution in [-0.2, 0) is 19.1 Å². The van der Waals surface area contributed by atoms with Gasteiger partial charge in [-0.3, -0.25) is 9.59 Å². The molecule has 3 atom stereocenters. The maximum atomic E-state index is 13.5. The van der Waals surface area contributed by atoms with Gasteiger partial charge in [0.25, 0.3) is 0 Å². The summed E-state index contributed by atoms with van der Waals surface area (Å²) in [6.07, 6.45) is 2.36. The molecule has 0 saturated carbocycles. The first-order valence-corrected chi connectivity index (χ1v) is 10.8. The fraction of sp³-hybridized carbons (Fsp3) is 0.783. The topological polar surface area (TPSA) is 87.7 Å². The van der Waals surface area contributed by atoms with Gasteiger partial charge in [-0.05, 0) is 45.6 Å². The molecule has 0 spiro atoms. The van der Waals surface area contributed by atoms with Gasteiger partial charge in [-0.25, -0.2) is 4.79 Å². The first-order valence-electron chi connectivity index (χ1n) is 10.8. The minimum atomic E-state index is -0.764. The number of ether oxygens (including phenoxy) is 1. The average Bonchev–Trinajstić information content (AvgIpc) is 2.66. The van der Waals surface area contributed by atoms with Crippen molar-refractivity contribution in [2.45, 2.75) is 86.4 Å². The second kappa shape index (κ2) is 11.5. The summed E-state index contributed by atoms with van der Waals surface area (Å²) in [5.41, 5.74) is -0.800. The molecule has 0 rings (SSSR count). The van der Waals surface area contributed by atoms with Gasteiger partial charge in [-0.2, -0.15) is 0 Å². The van der Waals surface area contributed by atoms with Gasteiger partial charge >= 0.3 is 5.97 Å². The summed E-state index contributed by atoms with van der Waals surface area (Å²) in [7, 11) is 3.45. The van der Waals surface area contributed by atoms with Gasteiger partial charge in [0.05, 0.1) is 18.2 Å².